The van der Waals surface area contributed by atoms with Crippen molar-refractivity contribution in [3.05, 3.63) is 82.7 Å². The standard InChI is InChI=1S/C42H42F2N6O2/c1-4-30-34(43)10-7-26-16-29(51)17-32(36(26)30)37-31(24(2)3)18-33-39(38(37)44)47-41(48-40(33)50-19-27-8-9-28(20-50)46-27)52-23-42(12-13-42)22-49-15-11-25-6-5-14-45-35(25)21-49/h1,5-7,10,14,16-18,24,27-28,46,51H,8-9,11-13,15,19-23H2,2-3H3. The molecule has 266 valence electrons. The van der Waals surface area contributed by atoms with Crippen molar-refractivity contribution in [2.45, 2.75) is 70.5 Å². The van der Waals surface area contributed by atoms with Gasteiger partial charge in [-0.1, -0.05) is 31.9 Å². The molecule has 2 saturated heterocycles. The van der Waals surface area contributed by atoms with Gasteiger partial charge in [0, 0.05) is 72.8 Å². The average Bonchev–Trinajstić information content (AvgIpc) is 3.83. The number of nitrogens with zero attached hydrogens (tertiary/aromatic N) is 5. The molecule has 10 heteroatoms. The first-order chi connectivity index (χ1) is 25.2. The van der Waals surface area contributed by atoms with Crippen LogP contribution >= 0.6 is 0 Å². The SMILES string of the molecule is C#Cc1c(F)ccc2cc(O)cc(-c3c(C(C)C)cc4c(N5CC6CCC(C5)N6)nc(OCC5(CN6CCc7cccnc7C6)CC5)nc4c3F)c12. The lowest BCUT2D eigenvalue weighted by Gasteiger charge is -2.34. The minimum absolute atomic E-state index is 0.0214. The number of pyridine rings is 1. The van der Waals surface area contributed by atoms with Gasteiger partial charge in [0.05, 0.1) is 17.9 Å². The first-order valence-corrected chi connectivity index (χ1v) is 18.4. The highest BCUT2D eigenvalue weighted by atomic mass is 19.1. The van der Waals surface area contributed by atoms with Crippen LogP contribution in [0.1, 0.15) is 67.8 Å². The predicted molar refractivity (Wildman–Crippen MR) is 199 cm³/mol. The maximum atomic E-state index is 17.6. The number of ether oxygens (including phenoxy) is 1. The summed E-state index contributed by atoms with van der Waals surface area (Å²) in [7, 11) is 0. The van der Waals surface area contributed by atoms with Crippen molar-refractivity contribution in [1.29, 1.82) is 0 Å². The largest absolute Gasteiger partial charge is 0.508 e. The van der Waals surface area contributed by atoms with Gasteiger partial charge in [-0.15, -0.1) is 6.42 Å². The maximum absolute atomic E-state index is 17.6. The second-order valence-electron chi connectivity index (χ2n) is 15.6. The van der Waals surface area contributed by atoms with E-state index in [0.717, 1.165) is 70.5 Å². The Morgan fingerprint density at radius 2 is 1.90 bits per heavy atom. The molecule has 3 aromatic carbocycles. The van der Waals surface area contributed by atoms with Crippen LogP contribution < -0.4 is 15.0 Å². The number of halogens is 2. The zero-order valence-electron chi connectivity index (χ0n) is 29.6. The number of terminal acetylenes is 1. The Balaban J connectivity index is 1.14. The summed E-state index contributed by atoms with van der Waals surface area (Å²) in [4.78, 5) is 19.2. The molecule has 9 rings (SSSR count). The number of phenolic OH excluding ortho intramolecular Hbond substituents is 1. The molecule has 2 N–H and O–H groups in total. The summed E-state index contributed by atoms with van der Waals surface area (Å²) in [5.41, 5.74) is 3.83. The molecule has 8 nitrogen and oxygen atoms in total. The molecule has 52 heavy (non-hydrogen) atoms. The highest BCUT2D eigenvalue weighted by Crippen LogP contribution is 2.48. The molecule has 4 aliphatic rings. The lowest BCUT2D eigenvalue weighted by Crippen LogP contribution is -2.51. The number of fused-ring (bicyclic) bond motifs is 5. The third kappa shape index (κ3) is 5.80. The number of piperazine rings is 1. The van der Waals surface area contributed by atoms with Gasteiger partial charge in [0.2, 0.25) is 0 Å². The van der Waals surface area contributed by atoms with Crippen LogP contribution in [0.2, 0.25) is 0 Å². The van der Waals surface area contributed by atoms with Crippen molar-refractivity contribution < 1.29 is 18.6 Å². The fourth-order valence-corrected chi connectivity index (χ4v) is 8.74. The highest BCUT2D eigenvalue weighted by molar-refractivity contribution is 6.05. The molecule has 1 aliphatic carbocycles. The van der Waals surface area contributed by atoms with Gasteiger partial charge >= 0.3 is 6.01 Å². The quantitative estimate of drug-likeness (QED) is 0.166. The van der Waals surface area contributed by atoms with Crippen LogP contribution in [-0.2, 0) is 13.0 Å². The van der Waals surface area contributed by atoms with Gasteiger partial charge in [0.1, 0.15) is 22.9 Å². The van der Waals surface area contributed by atoms with Crippen LogP contribution in [0.3, 0.4) is 0 Å². The Morgan fingerprint density at radius 1 is 1.10 bits per heavy atom. The number of nitrogens with one attached hydrogen (secondary N) is 1. The fraction of sp³-hybridized carbons (Fsp3) is 0.405. The van der Waals surface area contributed by atoms with E-state index in [1.807, 2.05) is 32.2 Å². The van der Waals surface area contributed by atoms with Crippen molar-refractivity contribution in [3.63, 3.8) is 0 Å². The number of aromatic nitrogens is 3. The average molecular weight is 701 g/mol. The van der Waals surface area contributed by atoms with E-state index >= 15 is 8.78 Å². The van der Waals surface area contributed by atoms with Crippen molar-refractivity contribution >= 4 is 27.5 Å². The lowest BCUT2D eigenvalue weighted by molar-refractivity contribution is 0.144. The number of aromatic hydroxyl groups is 1. The van der Waals surface area contributed by atoms with E-state index in [2.05, 4.69) is 32.1 Å². The number of hydrogen-bond donors (Lipinski definition) is 2. The second-order valence-corrected chi connectivity index (χ2v) is 15.6. The van der Waals surface area contributed by atoms with Gasteiger partial charge in [-0.2, -0.15) is 9.97 Å². The third-order valence-corrected chi connectivity index (χ3v) is 11.6. The lowest BCUT2D eigenvalue weighted by atomic mass is 9.86. The molecule has 2 aromatic heterocycles. The van der Waals surface area contributed by atoms with E-state index in [0.29, 0.717) is 51.8 Å². The topological polar surface area (TPSA) is 86.6 Å². The molecule has 2 unspecified atom stereocenters. The maximum Gasteiger partial charge on any atom is 0.319 e. The Bertz CT molecular complexity index is 2270. The smallest absolute Gasteiger partial charge is 0.319 e. The summed E-state index contributed by atoms with van der Waals surface area (Å²) < 4.78 is 39.2. The Labute approximate surface area is 302 Å². The molecule has 1 saturated carbocycles. The summed E-state index contributed by atoms with van der Waals surface area (Å²) in [5, 5.41) is 16.0. The van der Waals surface area contributed by atoms with E-state index in [1.165, 1.54) is 23.8 Å². The van der Waals surface area contributed by atoms with Crippen LogP contribution in [0.15, 0.2) is 48.7 Å². The molecular weight excluding hydrogens is 658 g/mol. The Kier molecular flexibility index (Phi) is 8.05. The summed E-state index contributed by atoms with van der Waals surface area (Å²) in [5.74, 6) is 1.77. The molecule has 0 radical (unpaired) electrons. The number of phenols is 1. The van der Waals surface area contributed by atoms with E-state index in [9.17, 15) is 5.11 Å². The first kappa shape index (κ1) is 33.0. The van der Waals surface area contributed by atoms with Crippen molar-refractivity contribution in [3.8, 4) is 35.2 Å². The minimum atomic E-state index is -0.582. The summed E-state index contributed by atoms with van der Waals surface area (Å²) >= 11 is 0. The van der Waals surface area contributed by atoms with Gasteiger partial charge in [-0.3, -0.25) is 9.88 Å². The summed E-state index contributed by atoms with van der Waals surface area (Å²) in [6, 6.07) is 12.8. The molecule has 0 amide bonds. The monoisotopic (exact) mass is 700 g/mol. The normalized spacial score (nSPS) is 20.7. The van der Waals surface area contributed by atoms with Gasteiger partial charge < -0.3 is 20.1 Å². The van der Waals surface area contributed by atoms with E-state index in [1.54, 1.807) is 6.07 Å². The molecule has 3 fully saturated rings. The van der Waals surface area contributed by atoms with Crippen molar-refractivity contribution in [2.24, 2.45) is 5.41 Å². The highest BCUT2D eigenvalue weighted by Gasteiger charge is 2.45. The summed E-state index contributed by atoms with van der Waals surface area (Å²) in [6.07, 6.45) is 12.9. The first-order valence-electron chi connectivity index (χ1n) is 18.4. The van der Waals surface area contributed by atoms with Gasteiger partial charge in [0.25, 0.3) is 0 Å². The summed E-state index contributed by atoms with van der Waals surface area (Å²) in [6.45, 7) is 8.60. The number of hydrogen-bond acceptors (Lipinski definition) is 8. The molecule has 2 atom stereocenters. The molecule has 5 aromatic rings. The number of anilines is 1. The zero-order chi connectivity index (χ0) is 35.7. The van der Waals surface area contributed by atoms with E-state index in [4.69, 9.17) is 21.1 Å². The van der Waals surface area contributed by atoms with Crippen molar-refractivity contribution in [1.82, 2.24) is 25.2 Å². The molecule has 5 heterocycles. The molecular formula is C42H42F2N6O2. The van der Waals surface area contributed by atoms with Crippen LogP contribution in [-0.4, -0.2) is 69.8 Å². The molecule has 3 aliphatic heterocycles. The third-order valence-electron chi connectivity index (χ3n) is 11.6. The van der Waals surface area contributed by atoms with E-state index in [-0.39, 0.29) is 39.7 Å². The van der Waals surface area contributed by atoms with Crippen LogP contribution in [0.25, 0.3) is 32.8 Å². The zero-order valence-corrected chi connectivity index (χ0v) is 29.6. The van der Waals surface area contributed by atoms with Crippen molar-refractivity contribution in [2.75, 3.05) is 37.7 Å². The van der Waals surface area contributed by atoms with Gasteiger partial charge in [-0.05, 0) is 90.4 Å². The molecule has 0 spiro atoms. The Morgan fingerprint density at radius 3 is 2.65 bits per heavy atom. The van der Waals surface area contributed by atoms with Gasteiger partial charge in [0.15, 0.2) is 5.82 Å². The number of rotatable bonds is 8. The number of benzene rings is 3. The molecule has 2 bridgehead atoms. The van der Waals surface area contributed by atoms with Crippen LogP contribution in [0, 0.1) is 29.4 Å². The Hall–Kier alpha value is -4.85. The second kappa shape index (κ2) is 12.7. The van der Waals surface area contributed by atoms with Crippen LogP contribution in [0.4, 0.5) is 14.6 Å². The van der Waals surface area contributed by atoms with E-state index < -0.39 is 11.6 Å². The predicted octanol–water partition coefficient (Wildman–Crippen LogP) is 7.09. The van der Waals surface area contributed by atoms with Crippen LogP contribution in [0.5, 0.6) is 11.8 Å². The van der Waals surface area contributed by atoms with Gasteiger partial charge in [-0.25, -0.2) is 8.78 Å². The minimum Gasteiger partial charge on any atom is -0.508 e. The fourth-order valence-electron chi connectivity index (χ4n) is 8.74.